The van der Waals surface area contributed by atoms with Gasteiger partial charge in [-0.3, -0.25) is 10.1 Å². The predicted molar refractivity (Wildman–Crippen MR) is 57.3 cm³/mol. The van der Waals surface area contributed by atoms with Gasteiger partial charge in [-0.15, -0.1) is 0 Å². The average molecular weight is 235 g/mol. The van der Waals surface area contributed by atoms with E-state index in [2.05, 4.69) is 25.0 Å². The normalized spacial score (nSPS) is 10.2. The van der Waals surface area contributed by atoms with Crippen molar-refractivity contribution in [1.82, 2.24) is 15.1 Å². The zero-order valence-electron chi connectivity index (χ0n) is 8.95. The molecule has 2 aromatic rings. The van der Waals surface area contributed by atoms with Gasteiger partial charge in [-0.25, -0.2) is 4.98 Å². The summed E-state index contributed by atoms with van der Waals surface area (Å²) in [6.07, 6.45) is 2.65. The van der Waals surface area contributed by atoms with Crippen LogP contribution in [-0.4, -0.2) is 20.0 Å². The Hall–Kier alpha value is -2.51. The summed E-state index contributed by atoms with van der Waals surface area (Å²) >= 11 is 0. The lowest BCUT2D eigenvalue weighted by atomic mass is 10.2. The molecule has 2 rings (SSSR count). The molecule has 0 radical (unpaired) electrons. The summed E-state index contributed by atoms with van der Waals surface area (Å²) in [6, 6.07) is 1.37. The van der Waals surface area contributed by atoms with Crippen LogP contribution in [0.4, 0.5) is 11.5 Å². The summed E-state index contributed by atoms with van der Waals surface area (Å²) in [5.41, 5.74) is 0.538. The van der Waals surface area contributed by atoms with E-state index < -0.39 is 4.92 Å². The molecule has 2 aromatic heterocycles. The molecule has 0 spiro atoms. The third-order valence-corrected chi connectivity index (χ3v) is 2.11. The van der Waals surface area contributed by atoms with Crippen LogP contribution >= 0.6 is 0 Å². The molecule has 0 aliphatic carbocycles. The Morgan fingerprint density at radius 3 is 3.00 bits per heavy atom. The summed E-state index contributed by atoms with van der Waals surface area (Å²) in [7, 11) is 0. The maximum atomic E-state index is 10.7. The summed E-state index contributed by atoms with van der Waals surface area (Å²) in [6.45, 7) is 1.93. The molecule has 0 aromatic carbocycles. The van der Waals surface area contributed by atoms with Crippen molar-refractivity contribution in [2.45, 2.75) is 13.5 Å². The van der Waals surface area contributed by atoms with Crippen molar-refractivity contribution in [3.05, 3.63) is 40.2 Å². The van der Waals surface area contributed by atoms with E-state index >= 15 is 0 Å². The predicted octanol–water partition coefficient (Wildman–Crippen LogP) is 1.29. The smallest absolute Gasteiger partial charge is 0.277 e. The first kappa shape index (κ1) is 11.0. The number of anilines is 1. The van der Waals surface area contributed by atoms with Gasteiger partial charge in [-0.2, -0.15) is 4.98 Å². The van der Waals surface area contributed by atoms with Crippen LogP contribution in [0.25, 0.3) is 0 Å². The monoisotopic (exact) mass is 235 g/mol. The molecule has 0 aliphatic heterocycles. The number of rotatable bonds is 4. The number of pyridine rings is 1. The van der Waals surface area contributed by atoms with Crippen LogP contribution < -0.4 is 5.32 Å². The average Bonchev–Trinajstić information content (AvgIpc) is 2.80. The van der Waals surface area contributed by atoms with E-state index in [0.29, 0.717) is 23.8 Å². The van der Waals surface area contributed by atoms with E-state index in [0.717, 1.165) is 0 Å². The van der Waals surface area contributed by atoms with Crippen LogP contribution in [0.2, 0.25) is 0 Å². The van der Waals surface area contributed by atoms with Crippen molar-refractivity contribution in [3.63, 3.8) is 0 Å². The molecule has 1 N–H and O–H groups in total. The topological polar surface area (TPSA) is 107 Å². The maximum absolute atomic E-state index is 10.7. The van der Waals surface area contributed by atoms with E-state index in [9.17, 15) is 10.1 Å². The second kappa shape index (κ2) is 4.56. The van der Waals surface area contributed by atoms with Gasteiger partial charge in [0.1, 0.15) is 5.82 Å². The molecular weight excluding hydrogens is 226 g/mol. The second-order valence-corrected chi connectivity index (χ2v) is 3.31. The fourth-order valence-electron chi connectivity index (χ4n) is 1.25. The summed E-state index contributed by atoms with van der Waals surface area (Å²) in [5, 5.41) is 17.2. The number of aromatic nitrogens is 3. The van der Waals surface area contributed by atoms with Crippen LogP contribution in [0.1, 0.15) is 11.4 Å². The van der Waals surface area contributed by atoms with Gasteiger partial charge >= 0.3 is 0 Å². The van der Waals surface area contributed by atoms with Gasteiger partial charge in [0, 0.05) is 11.8 Å². The lowest BCUT2D eigenvalue weighted by Gasteiger charge is -2.03. The first-order chi connectivity index (χ1) is 8.16. The van der Waals surface area contributed by atoms with Gasteiger partial charge in [-0.1, -0.05) is 5.16 Å². The molecule has 8 heteroatoms. The van der Waals surface area contributed by atoms with Gasteiger partial charge < -0.3 is 9.84 Å². The van der Waals surface area contributed by atoms with E-state index in [1.165, 1.54) is 18.7 Å². The first-order valence-corrected chi connectivity index (χ1v) is 4.77. The zero-order chi connectivity index (χ0) is 12.3. The van der Waals surface area contributed by atoms with Crippen LogP contribution in [0.5, 0.6) is 0 Å². The van der Waals surface area contributed by atoms with Crippen LogP contribution in [0, 0.1) is 17.0 Å². The molecule has 0 saturated heterocycles. The van der Waals surface area contributed by atoms with Crippen molar-refractivity contribution in [2.24, 2.45) is 0 Å². The molecule has 88 valence electrons. The third kappa shape index (κ3) is 2.54. The highest BCUT2D eigenvalue weighted by Gasteiger charge is 2.12. The number of nitro groups is 1. The molecule has 8 nitrogen and oxygen atoms in total. The highest BCUT2D eigenvalue weighted by atomic mass is 16.6. The minimum absolute atomic E-state index is 0.0237. The lowest BCUT2D eigenvalue weighted by Crippen LogP contribution is -2.04. The van der Waals surface area contributed by atoms with E-state index in [1.807, 2.05) is 0 Å². The molecular formula is C9H9N5O3. The van der Waals surface area contributed by atoms with Gasteiger partial charge in [0.25, 0.3) is 5.69 Å². The molecule has 0 unspecified atom stereocenters. The van der Waals surface area contributed by atoms with Crippen molar-refractivity contribution in [2.75, 3.05) is 5.32 Å². The minimum Gasteiger partial charge on any atom is -0.362 e. The maximum Gasteiger partial charge on any atom is 0.277 e. The lowest BCUT2D eigenvalue weighted by molar-refractivity contribution is -0.385. The third-order valence-electron chi connectivity index (χ3n) is 2.11. The molecule has 0 amide bonds. The summed E-state index contributed by atoms with van der Waals surface area (Å²) in [4.78, 5) is 18.1. The van der Waals surface area contributed by atoms with Gasteiger partial charge in [0.05, 0.1) is 17.5 Å². The number of aryl methyl sites for hydroxylation is 1. The minimum atomic E-state index is -0.448. The van der Waals surface area contributed by atoms with Crippen molar-refractivity contribution in [1.29, 1.82) is 0 Å². The molecule has 0 saturated carbocycles. The number of nitrogens with one attached hydrogen (secondary N) is 1. The second-order valence-electron chi connectivity index (χ2n) is 3.31. The summed E-state index contributed by atoms with van der Waals surface area (Å²) < 4.78 is 4.55. The SMILES string of the molecule is Cc1cnc(NCc2ncon2)cc1[N+](=O)[O-]. The van der Waals surface area contributed by atoms with E-state index in [1.54, 1.807) is 6.92 Å². The Morgan fingerprint density at radius 1 is 1.53 bits per heavy atom. The Kier molecular flexibility index (Phi) is 2.95. The molecule has 0 atom stereocenters. The van der Waals surface area contributed by atoms with Crippen LogP contribution in [-0.2, 0) is 6.54 Å². The van der Waals surface area contributed by atoms with Gasteiger partial charge in [-0.05, 0) is 6.92 Å². The quantitative estimate of drug-likeness (QED) is 0.628. The van der Waals surface area contributed by atoms with Crippen molar-refractivity contribution >= 4 is 11.5 Å². The summed E-state index contributed by atoms with van der Waals surface area (Å²) in [5.74, 6) is 0.849. The molecule has 0 aliphatic rings. The highest BCUT2D eigenvalue weighted by Crippen LogP contribution is 2.19. The number of hydrogen-bond donors (Lipinski definition) is 1. The molecule has 0 fully saturated rings. The highest BCUT2D eigenvalue weighted by molar-refractivity contribution is 5.48. The molecule has 2 heterocycles. The van der Waals surface area contributed by atoms with Crippen molar-refractivity contribution in [3.8, 4) is 0 Å². The Bertz CT molecular complexity index is 525. The standard InChI is InChI=1S/C9H9N5O3/c1-6-3-10-8(2-7(6)14(15)16)11-4-9-12-5-17-13-9/h2-3,5H,4H2,1H3,(H,10,11). The number of nitrogens with zero attached hydrogens (tertiary/aromatic N) is 4. The molecule has 17 heavy (non-hydrogen) atoms. The zero-order valence-corrected chi connectivity index (χ0v) is 8.95. The van der Waals surface area contributed by atoms with Gasteiger partial charge in [0.2, 0.25) is 6.39 Å². The Labute approximate surface area is 95.8 Å². The van der Waals surface area contributed by atoms with Crippen LogP contribution in [0.3, 0.4) is 0 Å². The Morgan fingerprint density at radius 2 is 2.35 bits per heavy atom. The van der Waals surface area contributed by atoms with Crippen LogP contribution in [0.15, 0.2) is 23.2 Å². The largest absolute Gasteiger partial charge is 0.362 e. The fraction of sp³-hybridized carbons (Fsp3) is 0.222. The van der Waals surface area contributed by atoms with Gasteiger partial charge in [0.15, 0.2) is 5.82 Å². The Balaban J connectivity index is 2.11. The molecule has 0 bridgehead atoms. The first-order valence-electron chi connectivity index (χ1n) is 4.77. The van der Waals surface area contributed by atoms with E-state index in [4.69, 9.17) is 0 Å². The number of hydrogen-bond acceptors (Lipinski definition) is 7. The fourth-order valence-corrected chi connectivity index (χ4v) is 1.25. The van der Waals surface area contributed by atoms with Crippen molar-refractivity contribution < 1.29 is 9.45 Å². The van der Waals surface area contributed by atoms with E-state index in [-0.39, 0.29) is 5.69 Å².